The summed E-state index contributed by atoms with van der Waals surface area (Å²) in [5.41, 5.74) is -0.421. The summed E-state index contributed by atoms with van der Waals surface area (Å²) in [4.78, 5) is 12.2. The molecule has 0 aromatic carbocycles. The van der Waals surface area contributed by atoms with Gasteiger partial charge in [0.1, 0.15) is 30.5 Å². The monoisotopic (exact) mass is 430 g/mol. The van der Waals surface area contributed by atoms with E-state index in [2.05, 4.69) is 6.92 Å². The Balaban J connectivity index is 1.57. The van der Waals surface area contributed by atoms with E-state index in [-0.39, 0.29) is 48.5 Å². The summed E-state index contributed by atoms with van der Waals surface area (Å²) in [6.07, 6.45) is -4.38. The van der Waals surface area contributed by atoms with Gasteiger partial charge >= 0.3 is 5.97 Å². The maximum atomic E-state index is 12.2. The largest absolute Gasteiger partial charge is 0.462 e. The van der Waals surface area contributed by atoms with E-state index >= 15 is 0 Å². The highest BCUT2D eigenvalue weighted by molar-refractivity contribution is 5.75. The van der Waals surface area contributed by atoms with Gasteiger partial charge in [0.05, 0.1) is 18.6 Å². The van der Waals surface area contributed by atoms with Crippen molar-refractivity contribution in [3.63, 3.8) is 0 Å². The number of carbonyl (C=O) groups is 1. The molecule has 172 valence electrons. The minimum atomic E-state index is -1.49. The highest BCUT2D eigenvalue weighted by Gasteiger charge is 2.61. The smallest absolute Gasteiger partial charge is 0.309 e. The van der Waals surface area contributed by atoms with Crippen LogP contribution >= 0.6 is 0 Å². The van der Waals surface area contributed by atoms with Crippen LogP contribution in [-0.2, 0) is 19.0 Å². The van der Waals surface area contributed by atoms with Crippen LogP contribution in [0.1, 0.15) is 39.5 Å². The zero-order valence-corrected chi connectivity index (χ0v) is 17.5. The van der Waals surface area contributed by atoms with E-state index < -0.39 is 42.7 Å². The number of aliphatic hydroxyl groups is 5. The quantitative estimate of drug-likeness (QED) is 0.361. The topological polar surface area (TPSA) is 146 Å². The fraction of sp³-hybridized carbons (Fsp3) is 0.952. The minimum absolute atomic E-state index is 0.00216. The SMILES string of the molecule is C[C@@H]1C(=O)O[C@@H]2[C@H]1CC[C@@]1(C)[C@H]2[C@@H](CO)CC[C@H]1O[C@@H]1O[C@H](CO)[C@@H](O)[C@H](O)[C@H]1O. The van der Waals surface area contributed by atoms with Gasteiger partial charge in [-0.15, -0.1) is 0 Å². The Bertz CT molecular complexity index is 642. The molecule has 0 unspecified atom stereocenters. The second-order valence-corrected chi connectivity index (χ2v) is 9.77. The highest BCUT2D eigenvalue weighted by Crippen LogP contribution is 2.58. The van der Waals surface area contributed by atoms with E-state index in [4.69, 9.17) is 14.2 Å². The minimum Gasteiger partial charge on any atom is -0.462 e. The van der Waals surface area contributed by atoms with Gasteiger partial charge < -0.3 is 39.7 Å². The second kappa shape index (κ2) is 8.27. The lowest BCUT2D eigenvalue weighted by molar-refractivity contribution is -0.329. The molecule has 0 spiro atoms. The maximum Gasteiger partial charge on any atom is 0.309 e. The maximum absolute atomic E-state index is 12.2. The van der Waals surface area contributed by atoms with Crippen molar-refractivity contribution in [2.24, 2.45) is 29.1 Å². The third kappa shape index (κ3) is 3.39. The van der Waals surface area contributed by atoms with Gasteiger partial charge in [-0.05, 0) is 31.6 Å². The Hall–Kier alpha value is -0.810. The van der Waals surface area contributed by atoms with Gasteiger partial charge in [-0.25, -0.2) is 0 Å². The molecule has 0 aromatic heterocycles. The van der Waals surface area contributed by atoms with Gasteiger partial charge in [-0.2, -0.15) is 0 Å². The molecule has 0 aromatic rings. The van der Waals surface area contributed by atoms with E-state index in [9.17, 15) is 30.3 Å². The summed E-state index contributed by atoms with van der Waals surface area (Å²) < 4.78 is 17.5. The van der Waals surface area contributed by atoms with Crippen LogP contribution in [0.5, 0.6) is 0 Å². The van der Waals surface area contributed by atoms with E-state index in [1.54, 1.807) is 0 Å². The number of hydrogen-bond acceptors (Lipinski definition) is 9. The highest BCUT2D eigenvalue weighted by atomic mass is 16.7. The second-order valence-electron chi connectivity index (χ2n) is 9.77. The Morgan fingerprint density at radius 1 is 1.07 bits per heavy atom. The van der Waals surface area contributed by atoms with Crippen LogP contribution < -0.4 is 0 Å². The molecule has 2 saturated heterocycles. The molecule has 4 fully saturated rings. The van der Waals surface area contributed by atoms with Crippen molar-refractivity contribution in [1.82, 2.24) is 0 Å². The Labute approximate surface area is 175 Å². The summed E-state index contributed by atoms with van der Waals surface area (Å²) in [6.45, 7) is 3.46. The average Bonchev–Trinajstić information content (AvgIpc) is 3.02. The van der Waals surface area contributed by atoms with Crippen LogP contribution in [0, 0.1) is 29.1 Å². The van der Waals surface area contributed by atoms with Gasteiger partial charge in [-0.1, -0.05) is 13.8 Å². The lowest BCUT2D eigenvalue weighted by Gasteiger charge is -2.57. The Morgan fingerprint density at radius 2 is 1.80 bits per heavy atom. The molecule has 2 saturated carbocycles. The summed E-state index contributed by atoms with van der Waals surface area (Å²) in [6, 6.07) is 0. The molecular weight excluding hydrogens is 396 g/mol. The van der Waals surface area contributed by atoms with E-state index in [0.717, 1.165) is 12.8 Å². The van der Waals surface area contributed by atoms with Gasteiger partial charge in [0.15, 0.2) is 6.29 Å². The van der Waals surface area contributed by atoms with Gasteiger partial charge in [0.2, 0.25) is 0 Å². The number of carbonyl (C=O) groups excluding carboxylic acids is 1. The zero-order chi connectivity index (χ0) is 21.8. The molecule has 0 amide bonds. The number of hydrogen-bond donors (Lipinski definition) is 5. The van der Waals surface area contributed by atoms with Crippen molar-refractivity contribution in [3.05, 3.63) is 0 Å². The molecular formula is C21H34O9. The van der Waals surface area contributed by atoms with E-state index in [0.29, 0.717) is 12.8 Å². The molecule has 9 nitrogen and oxygen atoms in total. The Morgan fingerprint density at radius 3 is 2.47 bits per heavy atom. The number of ether oxygens (including phenoxy) is 3. The lowest BCUT2D eigenvalue weighted by atomic mass is 9.52. The first-order chi connectivity index (χ1) is 14.2. The van der Waals surface area contributed by atoms with Gasteiger partial charge in [-0.3, -0.25) is 4.79 Å². The van der Waals surface area contributed by atoms with Crippen molar-refractivity contribution in [1.29, 1.82) is 0 Å². The van der Waals surface area contributed by atoms with Crippen molar-refractivity contribution < 1.29 is 44.5 Å². The van der Waals surface area contributed by atoms with Crippen LogP contribution in [0.25, 0.3) is 0 Å². The molecule has 12 atom stereocenters. The van der Waals surface area contributed by atoms with Crippen molar-refractivity contribution in [3.8, 4) is 0 Å². The van der Waals surface area contributed by atoms with E-state index in [1.165, 1.54) is 0 Å². The van der Waals surface area contributed by atoms with Crippen molar-refractivity contribution in [2.75, 3.05) is 13.2 Å². The predicted molar refractivity (Wildman–Crippen MR) is 102 cm³/mol. The first-order valence-corrected chi connectivity index (χ1v) is 11.0. The first kappa shape index (κ1) is 22.4. The van der Waals surface area contributed by atoms with Crippen LogP contribution in [0.3, 0.4) is 0 Å². The van der Waals surface area contributed by atoms with Gasteiger partial charge in [0, 0.05) is 23.9 Å². The molecule has 4 rings (SSSR count). The fourth-order valence-corrected chi connectivity index (χ4v) is 6.39. The average molecular weight is 430 g/mol. The number of rotatable bonds is 4. The molecule has 9 heteroatoms. The zero-order valence-electron chi connectivity index (χ0n) is 17.5. The van der Waals surface area contributed by atoms with Crippen LogP contribution in [0.15, 0.2) is 0 Å². The van der Waals surface area contributed by atoms with Crippen molar-refractivity contribution in [2.45, 2.75) is 82.4 Å². The molecule has 5 N–H and O–H groups in total. The van der Waals surface area contributed by atoms with Crippen LogP contribution in [0.4, 0.5) is 0 Å². The van der Waals surface area contributed by atoms with Crippen LogP contribution in [-0.4, -0.2) is 87.6 Å². The Kier molecular flexibility index (Phi) is 6.17. The van der Waals surface area contributed by atoms with E-state index in [1.807, 2.05) is 6.92 Å². The molecule has 30 heavy (non-hydrogen) atoms. The molecule has 2 aliphatic carbocycles. The lowest BCUT2D eigenvalue weighted by Crippen LogP contribution is -2.62. The summed E-state index contributed by atoms with van der Waals surface area (Å²) in [7, 11) is 0. The van der Waals surface area contributed by atoms with Crippen molar-refractivity contribution >= 4 is 5.97 Å². The standard InChI is InChI=1S/C21H34O9/c1-9-11-5-6-21(2)13(4-3-10(7-22)14(21)18(11)30-19(9)27)29-20-17(26)16(25)15(24)12(8-23)28-20/h9-18,20,22-26H,3-8H2,1-2H3/t9-,10+,11-,12+,13+,14-,15+,16-,17+,18+,20-,21+/m0/s1. The number of esters is 1. The third-order valence-electron chi connectivity index (χ3n) is 8.24. The number of aliphatic hydroxyl groups excluding tert-OH is 5. The normalized spacial score (nSPS) is 53.7. The predicted octanol–water partition coefficient (Wildman–Crippen LogP) is -0.832. The van der Waals surface area contributed by atoms with Gasteiger partial charge in [0.25, 0.3) is 0 Å². The molecule has 2 heterocycles. The number of fused-ring (bicyclic) bond motifs is 3. The van der Waals surface area contributed by atoms with Crippen LogP contribution in [0.2, 0.25) is 0 Å². The summed E-state index contributed by atoms with van der Waals surface area (Å²) >= 11 is 0. The summed E-state index contributed by atoms with van der Waals surface area (Å²) in [5.74, 6) is -0.335. The summed E-state index contributed by atoms with van der Waals surface area (Å²) in [5, 5.41) is 50.0. The molecule has 0 radical (unpaired) electrons. The fourth-order valence-electron chi connectivity index (χ4n) is 6.39. The first-order valence-electron chi connectivity index (χ1n) is 11.0. The molecule has 2 aliphatic heterocycles. The molecule has 4 aliphatic rings. The molecule has 0 bridgehead atoms. The third-order valence-corrected chi connectivity index (χ3v) is 8.24.